The zero-order valence-electron chi connectivity index (χ0n) is 15.0. The van der Waals surface area contributed by atoms with Gasteiger partial charge in [-0.3, -0.25) is 4.79 Å². The van der Waals surface area contributed by atoms with Gasteiger partial charge in [0.25, 0.3) is 0 Å². The van der Waals surface area contributed by atoms with Crippen LogP contribution in [0.2, 0.25) is 0 Å². The first-order chi connectivity index (χ1) is 12.6. The first kappa shape index (κ1) is 18.9. The number of aromatic nitrogens is 1. The molecule has 1 fully saturated rings. The Bertz CT molecular complexity index is 754. The number of carbonyl (C=O) groups is 1. The average Bonchev–Trinajstić information content (AvgIpc) is 3.05. The normalized spacial score (nSPS) is 15.9. The molecule has 1 saturated heterocycles. The maximum atomic E-state index is 12.3. The van der Waals surface area contributed by atoms with Gasteiger partial charge in [0.1, 0.15) is 0 Å². The second-order valence-electron chi connectivity index (χ2n) is 6.15. The number of para-hydroxylation sites is 1. The molecular formula is C18H23N5OS2. The van der Waals surface area contributed by atoms with Gasteiger partial charge in [-0.05, 0) is 26.1 Å². The first-order valence-electron chi connectivity index (χ1n) is 8.52. The van der Waals surface area contributed by atoms with E-state index in [2.05, 4.69) is 27.1 Å². The number of thioether (sulfide) groups is 1. The van der Waals surface area contributed by atoms with Crippen molar-refractivity contribution in [2.75, 3.05) is 44.3 Å². The average molecular weight is 390 g/mol. The van der Waals surface area contributed by atoms with Gasteiger partial charge in [-0.15, -0.1) is 11.3 Å². The lowest BCUT2D eigenvalue weighted by atomic mass is 10.3. The number of hydrogen-bond donors (Lipinski definition) is 1. The molecule has 2 heterocycles. The summed E-state index contributed by atoms with van der Waals surface area (Å²) in [4.78, 5) is 25.9. The Kier molecular flexibility index (Phi) is 6.65. The molecule has 3 rings (SSSR count). The van der Waals surface area contributed by atoms with E-state index in [9.17, 15) is 4.79 Å². The van der Waals surface area contributed by atoms with Gasteiger partial charge in [0.2, 0.25) is 5.91 Å². The minimum atomic E-state index is -0.0563. The fourth-order valence-corrected chi connectivity index (χ4v) is 4.07. The van der Waals surface area contributed by atoms with Crippen LogP contribution >= 0.6 is 23.1 Å². The largest absolute Gasteiger partial charge is 0.349 e. The number of aryl methyl sites for hydroxylation is 1. The topological polar surface area (TPSA) is 60.8 Å². The maximum Gasteiger partial charge on any atom is 0.236 e. The monoisotopic (exact) mass is 389 g/mol. The number of piperazine rings is 1. The molecule has 6 nitrogen and oxygen atoms in total. The van der Waals surface area contributed by atoms with Crippen LogP contribution in [0.3, 0.4) is 0 Å². The summed E-state index contributed by atoms with van der Waals surface area (Å²) >= 11 is 2.93. The van der Waals surface area contributed by atoms with Gasteiger partial charge in [0, 0.05) is 31.6 Å². The van der Waals surface area contributed by atoms with E-state index in [1.165, 1.54) is 23.1 Å². The molecule has 1 amide bonds. The highest BCUT2D eigenvalue weighted by Crippen LogP contribution is 2.20. The third-order valence-corrected chi connectivity index (χ3v) is 5.84. The van der Waals surface area contributed by atoms with Crippen LogP contribution in [-0.2, 0) is 4.79 Å². The van der Waals surface area contributed by atoms with Crippen LogP contribution in [0, 0.1) is 6.92 Å². The smallest absolute Gasteiger partial charge is 0.236 e. The van der Waals surface area contributed by atoms with Gasteiger partial charge in [0.15, 0.2) is 10.3 Å². The molecule has 0 saturated carbocycles. The van der Waals surface area contributed by atoms with Crippen molar-refractivity contribution < 1.29 is 4.79 Å². The predicted octanol–water partition coefficient (Wildman–Crippen LogP) is 3.06. The third kappa shape index (κ3) is 5.55. The van der Waals surface area contributed by atoms with Crippen LogP contribution in [0.25, 0.3) is 0 Å². The van der Waals surface area contributed by atoms with Crippen LogP contribution in [0.5, 0.6) is 0 Å². The minimum Gasteiger partial charge on any atom is -0.349 e. The molecule has 1 N–H and O–H groups in total. The Hall–Kier alpha value is -1.90. The summed E-state index contributed by atoms with van der Waals surface area (Å²) in [6.45, 7) is 5.75. The van der Waals surface area contributed by atoms with Gasteiger partial charge >= 0.3 is 0 Å². The summed E-state index contributed by atoms with van der Waals surface area (Å²) in [5.74, 6) is 0.260. The van der Waals surface area contributed by atoms with Crippen LogP contribution in [0.15, 0.2) is 40.7 Å². The standard InChI is InChI=1S/C18H23N5OS2/c1-14-12-25-17(19-14)21-16(24)13-26-18(20-15-6-4-3-5-7-15)23-10-8-22(2)9-11-23/h3-7,12H,8-11,13H2,1-2H3,(H,19,21,24). The number of amidine groups is 1. The molecule has 2 aromatic rings. The van der Waals surface area contributed by atoms with Crippen molar-refractivity contribution in [3.8, 4) is 0 Å². The van der Waals surface area contributed by atoms with E-state index in [0.29, 0.717) is 10.9 Å². The molecule has 0 bridgehead atoms. The van der Waals surface area contributed by atoms with E-state index < -0.39 is 0 Å². The summed E-state index contributed by atoms with van der Waals surface area (Å²) in [6.07, 6.45) is 0. The molecule has 0 atom stereocenters. The number of aliphatic imine (C=N–C) groups is 1. The second-order valence-corrected chi connectivity index (χ2v) is 7.95. The quantitative estimate of drug-likeness (QED) is 0.643. The molecule has 0 radical (unpaired) electrons. The summed E-state index contributed by atoms with van der Waals surface area (Å²) in [6, 6.07) is 9.89. The molecule has 1 aromatic carbocycles. The van der Waals surface area contributed by atoms with Crippen molar-refractivity contribution in [2.24, 2.45) is 4.99 Å². The molecule has 0 unspecified atom stereocenters. The number of rotatable bonds is 4. The Balaban J connectivity index is 1.65. The fraction of sp³-hybridized carbons (Fsp3) is 0.389. The summed E-state index contributed by atoms with van der Waals surface area (Å²) in [5, 5.41) is 6.33. The van der Waals surface area contributed by atoms with Crippen molar-refractivity contribution >= 4 is 45.0 Å². The fourth-order valence-electron chi connectivity index (χ4n) is 2.50. The summed E-state index contributed by atoms with van der Waals surface area (Å²) in [5.41, 5.74) is 1.83. The summed E-state index contributed by atoms with van der Waals surface area (Å²) in [7, 11) is 2.13. The number of anilines is 1. The van der Waals surface area contributed by atoms with Crippen LogP contribution < -0.4 is 5.32 Å². The molecular weight excluding hydrogens is 366 g/mol. The number of benzene rings is 1. The predicted molar refractivity (Wildman–Crippen MR) is 111 cm³/mol. The minimum absolute atomic E-state index is 0.0563. The Labute approximate surface area is 162 Å². The highest BCUT2D eigenvalue weighted by molar-refractivity contribution is 8.14. The van der Waals surface area contributed by atoms with Crippen molar-refractivity contribution in [1.29, 1.82) is 0 Å². The second kappa shape index (κ2) is 9.16. The van der Waals surface area contributed by atoms with Gasteiger partial charge in [-0.1, -0.05) is 30.0 Å². The molecule has 8 heteroatoms. The number of hydrogen-bond acceptors (Lipinski definition) is 6. The van der Waals surface area contributed by atoms with E-state index >= 15 is 0 Å². The van der Waals surface area contributed by atoms with Crippen LogP contribution in [0.1, 0.15) is 5.69 Å². The summed E-state index contributed by atoms with van der Waals surface area (Å²) < 4.78 is 0. The van der Waals surface area contributed by atoms with Crippen molar-refractivity contribution in [2.45, 2.75) is 6.92 Å². The number of carbonyl (C=O) groups excluding carboxylic acids is 1. The maximum absolute atomic E-state index is 12.3. The first-order valence-corrected chi connectivity index (χ1v) is 10.4. The van der Waals surface area contributed by atoms with Crippen LogP contribution in [0.4, 0.5) is 10.8 Å². The molecule has 26 heavy (non-hydrogen) atoms. The molecule has 0 aliphatic carbocycles. The van der Waals surface area contributed by atoms with E-state index in [1.54, 1.807) is 0 Å². The third-order valence-electron chi connectivity index (χ3n) is 3.95. The van der Waals surface area contributed by atoms with E-state index in [4.69, 9.17) is 4.99 Å². The number of likely N-dealkylation sites (N-methyl/N-ethyl adjacent to an activating group) is 1. The Morgan fingerprint density at radius 2 is 2.00 bits per heavy atom. The number of amides is 1. The van der Waals surface area contributed by atoms with Gasteiger partial charge in [-0.2, -0.15) is 0 Å². The van der Waals surface area contributed by atoms with E-state index in [-0.39, 0.29) is 5.91 Å². The number of thiazole rings is 1. The Morgan fingerprint density at radius 1 is 1.27 bits per heavy atom. The zero-order valence-corrected chi connectivity index (χ0v) is 16.6. The van der Waals surface area contributed by atoms with E-state index in [1.807, 2.05) is 42.6 Å². The highest BCUT2D eigenvalue weighted by Gasteiger charge is 2.19. The van der Waals surface area contributed by atoms with E-state index in [0.717, 1.165) is 42.7 Å². The van der Waals surface area contributed by atoms with Crippen LogP contribution in [-0.4, -0.2) is 64.8 Å². The lowest BCUT2D eigenvalue weighted by Gasteiger charge is -2.34. The molecule has 1 aliphatic rings. The molecule has 1 aromatic heterocycles. The molecule has 0 spiro atoms. The SMILES string of the molecule is Cc1csc(NC(=O)CSC(=Nc2ccccc2)N2CCN(C)CC2)n1. The van der Waals surface area contributed by atoms with Crippen molar-refractivity contribution in [3.05, 3.63) is 41.4 Å². The molecule has 138 valence electrons. The van der Waals surface area contributed by atoms with Gasteiger partial charge in [-0.25, -0.2) is 9.98 Å². The lowest BCUT2D eigenvalue weighted by molar-refractivity contribution is -0.113. The molecule has 1 aliphatic heterocycles. The number of nitrogens with zero attached hydrogens (tertiary/aromatic N) is 4. The number of nitrogens with one attached hydrogen (secondary N) is 1. The van der Waals surface area contributed by atoms with Gasteiger partial charge < -0.3 is 15.1 Å². The van der Waals surface area contributed by atoms with Gasteiger partial charge in [0.05, 0.1) is 17.1 Å². The highest BCUT2D eigenvalue weighted by atomic mass is 32.2. The Morgan fingerprint density at radius 3 is 2.65 bits per heavy atom. The zero-order chi connectivity index (χ0) is 18.4. The lowest BCUT2D eigenvalue weighted by Crippen LogP contribution is -2.46. The van der Waals surface area contributed by atoms with Crippen molar-refractivity contribution in [1.82, 2.24) is 14.8 Å². The van der Waals surface area contributed by atoms with Crippen molar-refractivity contribution in [3.63, 3.8) is 0 Å².